The molecule has 0 spiro atoms. The average molecular weight is 284 g/mol. The van der Waals surface area contributed by atoms with E-state index in [1.165, 1.54) is 0 Å². The maximum Gasteiger partial charge on any atom is 0.192 e. The molecule has 0 aromatic rings. The van der Waals surface area contributed by atoms with Crippen LogP contribution in [0.25, 0.3) is 0 Å². The number of Topliss-reactive ketones (excluding diaryl/α,β-unsaturated/α-hetero) is 1. The second-order valence-electron chi connectivity index (χ2n) is 7.45. The highest BCUT2D eigenvalue weighted by Gasteiger charge is 2.50. The molecule has 1 rings (SSSR count). The molecule has 0 saturated heterocycles. The van der Waals surface area contributed by atoms with Gasteiger partial charge in [0.25, 0.3) is 0 Å². The summed E-state index contributed by atoms with van der Waals surface area (Å²) in [6.45, 7) is 13.0. The summed E-state index contributed by atoms with van der Waals surface area (Å²) in [7, 11) is -1.87. The van der Waals surface area contributed by atoms with Crippen molar-refractivity contribution in [2.45, 2.75) is 77.6 Å². The van der Waals surface area contributed by atoms with E-state index in [1.54, 1.807) is 0 Å². The summed E-state index contributed by atoms with van der Waals surface area (Å²) in [6.07, 6.45) is 3.35. The molecule has 1 saturated carbocycles. The summed E-state index contributed by atoms with van der Waals surface area (Å²) in [4.78, 5) is 22.8. The first-order valence-electron chi connectivity index (χ1n) is 7.19. The lowest BCUT2D eigenvalue weighted by atomic mass is 9.81. The Kier molecular flexibility index (Phi) is 4.78. The molecular weight excluding hydrogens is 256 g/mol. The molecule has 0 bridgehead atoms. The van der Waals surface area contributed by atoms with Crippen LogP contribution < -0.4 is 0 Å². The van der Waals surface area contributed by atoms with Crippen LogP contribution in [0, 0.1) is 5.41 Å². The number of hydrogen-bond donors (Lipinski definition) is 0. The van der Waals surface area contributed by atoms with E-state index in [-0.39, 0.29) is 16.9 Å². The van der Waals surface area contributed by atoms with Gasteiger partial charge in [0.1, 0.15) is 12.1 Å². The SMILES string of the molecule is CC(C)(C)[Si](C)(C)O[C@@H]1CCC(=O)[C@]1(C)CCC=O. The third-order valence-electron chi connectivity index (χ3n) is 5.01. The number of aldehydes is 1. The molecule has 19 heavy (non-hydrogen) atoms. The molecule has 0 radical (unpaired) electrons. The predicted molar refractivity (Wildman–Crippen MR) is 79.7 cm³/mol. The molecule has 110 valence electrons. The minimum atomic E-state index is -1.87. The molecule has 0 heterocycles. The standard InChI is InChI=1S/C15H28O3Si/c1-14(2,3)19(5,6)18-13-9-8-12(17)15(13,4)10-7-11-16/h11,13H,7-10H2,1-6H3/t13-,15+/m1/s1. The van der Waals surface area contributed by atoms with Crippen LogP contribution in [0.3, 0.4) is 0 Å². The van der Waals surface area contributed by atoms with Gasteiger partial charge in [-0.05, 0) is 31.0 Å². The first-order valence-corrected chi connectivity index (χ1v) is 10.1. The van der Waals surface area contributed by atoms with E-state index in [4.69, 9.17) is 4.43 Å². The Hall–Kier alpha value is -0.483. The van der Waals surface area contributed by atoms with Crippen molar-refractivity contribution in [3.05, 3.63) is 0 Å². The molecule has 4 heteroatoms. The molecule has 1 fully saturated rings. The quantitative estimate of drug-likeness (QED) is 0.571. The van der Waals surface area contributed by atoms with Gasteiger partial charge in [-0.3, -0.25) is 4.79 Å². The third kappa shape index (κ3) is 3.34. The Morgan fingerprint density at radius 2 is 2.00 bits per heavy atom. The van der Waals surface area contributed by atoms with E-state index in [0.717, 1.165) is 12.7 Å². The molecular formula is C15H28O3Si. The van der Waals surface area contributed by atoms with E-state index >= 15 is 0 Å². The smallest absolute Gasteiger partial charge is 0.192 e. The van der Waals surface area contributed by atoms with Gasteiger partial charge >= 0.3 is 0 Å². The average Bonchev–Trinajstić information content (AvgIpc) is 2.53. The Balaban J connectivity index is 2.88. The molecule has 0 aliphatic heterocycles. The highest BCUT2D eigenvalue weighted by molar-refractivity contribution is 6.74. The van der Waals surface area contributed by atoms with Crippen LogP contribution in [0.1, 0.15) is 53.4 Å². The van der Waals surface area contributed by atoms with Gasteiger partial charge in [0.05, 0.1) is 11.5 Å². The van der Waals surface area contributed by atoms with Crippen molar-refractivity contribution in [2.75, 3.05) is 0 Å². The zero-order valence-electron chi connectivity index (χ0n) is 13.2. The van der Waals surface area contributed by atoms with Crippen LogP contribution >= 0.6 is 0 Å². The van der Waals surface area contributed by atoms with E-state index in [2.05, 4.69) is 33.9 Å². The van der Waals surface area contributed by atoms with Gasteiger partial charge in [0.15, 0.2) is 8.32 Å². The molecule has 0 unspecified atom stereocenters. The lowest BCUT2D eigenvalue weighted by molar-refractivity contribution is -0.128. The molecule has 0 aromatic carbocycles. The van der Waals surface area contributed by atoms with Gasteiger partial charge in [-0.25, -0.2) is 0 Å². The normalized spacial score (nSPS) is 28.7. The van der Waals surface area contributed by atoms with Crippen LogP contribution in [0.5, 0.6) is 0 Å². The van der Waals surface area contributed by atoms with Crippen molar-refractivity contribution in [3.63, 3.8) is 0 Å². The molecule has 0 aromatic heterocycles. The molecule has 2 atom stereocenters. The number of carbonyl (C=O) groups excluding carboxylic acids is 2. The predicted octanol–water partition coefficient (Wildman–Crippen LogP) is 3.73. The molecule has 1 aliphatic rings. The highest BCUT2D eigenvalue weighted by atomic mass is 28.4. The third-order valence-corrected chi connectivity index (χ3v) is 9.49. The second-order valence-corrected chi connectivity index (χ2v) is 12.2. The van der Waals surface area contributed by atoms with Crippen LogP contribution in [0.2, 0.25) is 18.1 Å². The van der Waals surface area contributed by atoms with Crippen LogP contribution in [0.15, 0.2) is 0 Å². The van der Waals surface area contributed by atoms with Crippen molar-refractivity contribution in [1.29, 1.82) is 0 Å². The van der Waals surface area contributed by atoms with Gasteiger partial charge in [-0.15, -0.1) is 0 Å². The number of ketones is 1. The first-order chi connectivity index (χ1) is 8.54. The summed E-state index contributed by atoms with van der Waals surface area (Å²) < 4.78 is 6.45. The monoisotopic (exact) mass is 284 g/mol. The zero-order chi connectivity index (χ0) is 14.9. The van der Waals surface area contributed by atoms with Gasteiger partial charge in [0.2, 0.25) is 0 Å². The van der Waals surface area contributed by atoms with Crippen molar-refractivity contribution in [2.24, 2.45) is 5.41 Å². The molecule has 0 N–H and O–H groups in total. The maximum atomic E-state index is 12.2. The molecule has 1 aliphatic carbocycles. The minimum Gasteiger partial charge on any atom is -0.413 e. The Morgan fingerprint density at radius 1 is 1.42 bits per heavy atom. The Bertz CT molecular complexity index is 357. The number of carbonyl (C=O) groups is 2. The zero-order valence-corrected chi connectivity index (χ0v) is 14.2. The summed E-state index contributed by atoms with van der Waals surface area (Å²) in [6, 6.07) is 0. The maximum absolute atomic E-state index is 12.2. The van der Waals surface area contributed by atoms with Crippen molar-refractivity contribution >= 4 is 20.4 Å². The van der Waals surface area contributed by atoms with E-state index in [9.17, 15) is 9.59 Å². The lowest BCUT2D eigenvalue weighted by Crippen LogP contribution is -2.48. The fourth-order valence-corrected chi connectivity index (χ4v) is 3.87. The largest absolute Gasteiger partial charge is 0.413 e. The Morgan fingerprint density at radius 3 is 2.47 bits per heavy atom. The fourth-order valence-electron chi connectivity index (χ4n) is 2.43. The summed E-state index contributed by atoms with van der Waals surface area (Å²) in [5.74, 6) is 0.262. The van der Waals surface area contributed by atoms with Crippen molar-refractivity contribution < 1.29 is 14.0 Å². The van der Waals surface area contributed by atoms with E-state index < -0.39 is 13.7 Å². The fraction of sp³-hybridized carbons (Fsp3) is 0.867. The van der Waals surface area contributed by atoms with Crippen LogP contribution in [-0.2, 0) is 14.0 Å². The highest BCUT2D eigenvalue weighted by Crippen LogP contribution is 2.45. The second kappa shape index (κ2) is 5.48. The molecule has 0 amide bonds. The molecule has 3 nitrogen and oxygen atoms in total. The summed E-state index contributed by atoms with van der Waals surface area (Å²) in [5, 5.41) is 0.143. The Labute approximate surface area is 118 Å². The van der Waals surface area contributed by atoms with Gasteiger partial charge in [-0.1, -0.05) is 27.7 Å². The van der Waals surface area contributed by atoms with Gasteiger partial charge < -0.3 is 9.22 Å². The first kappa shape index (κ1) is 16.6. The van der Waals surface area contributed by atoms with Gasteiger partial charge in [-0.2, -0.15) is 0 Å². The minimum absolute atomic E-state index is 0.0131. The van der Waals surface area contributed by atoms with Crippen LogP contribution in [-0.4, -0.2) is 26.5 Å². The number of rotatable bonds is 5. The van der Waals surface area contributed by atoms with Crippen molar-refractivity contribution in [1.82, 2.24) is 0 Å². The number of hydrogen-bond acceptors (Lipinski definition) is 3. The van der Waals surface area contributed by atoms with Crippen molar-refractivity contribution in [3.8, 4) is 0 Å². The van der Waals surface area contributed by atoms with E-state index in [0.29, 0.717) is 19.3 Å². The van der Waals surface area contributed by atoms with E-state index in [1.807, 2.05) is 6.92 Å². The summed E-state index contributed by atoms with van der Waals surface area (Å²) in [5.41, 5.74) is -0.462. The summed E-state index contributed by atoms with van der Waals surface area (Å²) >= 11 is 0. The lowest BCUT2D eigenvalue weighted by Gasteiger charge is -2.42. The topological polar surface area (TPSA) is 43.4 Å². The van der Waals surface area contributed by atoms with Crippen LogP contribution in [0.4, 0.5) is 0 Å². The van der Waals surface area contributed by atoms with Gasteiger partial charge in [0, 0.05) is 12.8 Å².